The molecule has 2 fully saturated rings. The summed E-state index contributed by atoms with van der Waals surface area (Å²) in [6, 6.07) is 4.82. The van der Waals surface area contributed by atoms with Crippen LogP contribution in [-0.2, 0) is 15.5 Å². The number of ether oxygens (including phenoxy) is 1. The van der Waals surface area contributed by atoms with Crippen LogP contribution in [0.3, 0.4) is 0 Å². The lowest BCUT2D eigenvalue weighted by Crippen LogP contribution is -2.37. The number of halogens is 1. The number of thiocarbonyl (C=S) groups is 1. The largest absolute Gasteiger partial charge is 0.442 e. The third-order valence-electron chi connectivity index (χ3n) is 4.50. The second kappa shape index (κ2) is 7.65. The summed E-state index contributed by atoms with van der Waals surface area (Å²) in [7, 11) is -0.778. The highest BCUT2D eigenvalue weighted by Crippen LogP contribution is 2.32. The number of amides is 1. The molecule has 1 aromatic rings. The molecule has 0 radical (unpaired) electrons. The average molecular weight is 385 g/mol. The molecule has 2 aliphatic rings. The number of carbonyl (C=O) groups is 1. The van der Waals surface area contributed by atoms with Crippen molar-refractivity contribution < 1.29 is 18.1 Å². The first kappa shape index (κ1) is 18.1. The van der Waals surface area contributed by atoms with E-state index in [9.17, 15) is 13.4 Å². The third kappa shape index (κ3) is 4.27. The molecule has 0 bridgehead atoms. The van der Waals surface area contributed by atoms with Gasteiger partial charge in [0.15, 0.2) is 5.11 Å². The summed E-state index contributed by atoms with van der Waals surface area (Å²) in [4.78, 5) is 13.4. The highest BCUT2D eigenvalue weighted by molar-refractivity contribution is 7.85. The van der Waals surface area contributed by atoms with Crippen LogP contribution in [0.4, 0.5) is 14.9 Å². The van der Waals surface area contributed by atoms with Crippen LogP contribution < -0.4 is 16.0 Å². The number of carbonyl (C=O) groups excluding carboxylic acids is 1. The standard InChI is InChI=1S/C16H20FN3O3S2/c17-14-7-11(1-2-13(14)10-3-5-25(22)6-4-10)20-9-12(23-16(20)21)8-19-15(18)24/h1-2,7,10,12H,3-6,8-9H2,(H3,18,19,24)/t10?,12-,25?/m0/s1. The first-order valence-corrected chi connectivity index (χ1v) is 9.99. The number of hydrogen-bond donors (Lipinski definition) is 2. The van der Waals surface area contributed by atoms with E-state index < -0.39 is 23.0 Å². The van der Waals surface area contributed by atoms with Crippen LogP contribution in [-0.4, -0.2) is 46.1 Å². The quantitative estimate of drug-likeness (QED) is 0.766. The number of rotatable bonds is 4. The van der Waals surface area contributed by atoms with Gasteiger partial charge in [0.2, 0.25) is 0 Å². The summed E-state index contributed by atoms with van der Waals surface area (Å²) in [5.41, 5.74) is 6.45. The van der Waals surface area contributed by atoms with Crippen molar-refractivity contribution in [3.63, 3.8) is 0 Å². The van der Waals surface area contributed by atoms with E-state index in [2.05, 4.69) is 5.32 Å². The van der Waals surface area contributed by atoms with E-state index in [0.29, 0.717) is 35.8 Å². The maximum atomic E-state index is 14.6. The highest BCUT2D eigenvalue weighted by atomic mass is 32.2. The Bertz CT molecular complexity index is 706. The van der Waals surface area contributed by atoms with Crippen molar-refractivity contribution in [3.8, 4) is 0 Å². The van der Waals surface area contributed by atoms with Crippen LogP contribution in [0.15, 0.2) is 18.2 Å². The molecule has 0 aliphatic carbocycles. The summed E-state index contributed by atoms with van der Waals surface area (Å²) >= 11 is 4.73. The number of anilines is 1. The molecule has 9 heteroatoms. The number of nitrogens with zero attached hydrogens (tertiary/aromatic N) is 1. The van der Waals surface area contributed by atoms with Crippen molar-refractivity contribution in [3.05, 3.63) is 29.6 Å². The van der Waals surface area contributed by atoms with Gasteiger partial charge in [-0.3, -0.25) is 9.11 Å². The Morgan fingerprint density at radius 1 is 1.44 bits per heavy atom. The predicted octanol–water partition coefficient (Wildman–Crippen LogP) is 1.61. The zero-order valence-electron chi connectivity index (χ0n) is 13.6. The van der Waals surface area contributed by atoms with Gasteiger partial charge in [0.25, 0.3) is 0 Å². The predicted molar refractivity (Wildman–Crippen MR) is 98.7 cm³/mol. The van der Waals surface area contributed by atoms with Crippen LogP contribution in [0, 0.1) is 5.82 Å². The van der Waals surface area contributed by atoms with Crippen molar-refractivity contribution in [2.24, 2.45) is 5.73 Å². The van der Waals surface area contributed by atoms with Crippen molar-refractivity contribution >= 4 is 39.9 Å². The van der Waals surface area contributed by atoms with Gasteiger partial charge in [0, 0.05) is 22.3 Å². The number of nitrogens with one attached hydrogen (secondary N) is 1. The van der Waals surface area contributed by atoms with E-state index in [-0.39, 0.29) is 16.8 Å². The van der Waals surface area contributed by atoms with Crippen molar-refractivity contribution in [1.82, 2.24) is 5.32 Å². The van der Waals surface area contributed by atoms with E-state index >= 15 is 0 Å². The minimum atomic E-state index is -0.778. The van der Waals surface area contributed by atoms with Crippen molar-refractivity contribution in [2.45, 2.75) is 24.9 Å². The van der Waals surface area contributed by atoms with Gasteiger partial charge in [-0.2, -0.15) is 0 Å². The molecule has 6 nitrogen and oxygen atoms in total. The number of benzene rings is 1. The zero-order valence-corrected chi connectivity index (χ0v) is 15.2. The van der Waals surface area contributed by atoms with Crippen LogP contribution in [0.1, 0.15) is 24.3 Å². The SMILES string of the molecule is NC(=S)NC[C@H]1CN(c2ccc(C3CCS(=O)CC3)c(F)c2)C(=O)O1. The first-order valence-electron chi connectivity index (χ1n) is 8.10. The van der Waals surface area contributed by atoms with Gasteiger partial charge >= 0.3 is 6.09 Å². The number of cyclic esters (lactones) is 1. The Hall–Kier alpha value is -1.74. The molecule has 0 unspecified atom stereocenters. The van der Waals surface area contributed by atoms with E-state index in [1.807, 2.05) is 0 Å². The Morgan fingerprint density at radius 2 is 2.16 bits per heavy atom. The minimum Gasteiger partial charge on any atom is -0.442 e. The molecule has 3 rings (SSSR count). The monoisotopic (exact) mass is 385 g/mol. The summed E-state index contributed by atoms with van der Waals surface area (Å²) in [5.74, 6) is 0.969. The van der Waals surface area contributed by atoms with Gasteiger partial charge in [-0.25, -0.2) is 9.18 Å². The fourth-order valence-corrected chi connectivity index (χ4v) is 4.56. The lowest BCUT2D eigenvalue weighted by atomic mass is 9.93. The normalized spacial score (nSPS) is 26.4. The molecule has 1 aromatic carbocycles. The molecule has 0 spiro atoms. The Morgan fingerprint density at radius 3 is 2.80 bits per heavy atom. The highest BCUT2D eigenvalue weighted by Gasteiger charge is 2.33. The van der Waals surface area contributed by atoms with Crippen molar-refractivity contribution in [1.29, 1.82) is 0 Å². The maximum absolute atomic E-state index is 14.6. The zero-order chi connectivity index (χ0) is 18.0. The van der Waals surface area contributed by atoms with Gasteiger partial charge in [-0.1, -0.05) is 6.07 Å². The van der Waals surface area contributed by atoms with Gasteiger partial charge < -0.3 is 15.8 Å². The molecule has 136 valence electrons. The maximum Gasteiger partial charge on any atom is 0.414 e. The first-order chi connectivity index (χ1) is 11.9. The van der Waals surface area contributed by atoms with Gasteiger partial charge in [-0.05, 0) is 48.7 Å². The molecule has 0 saturated carbocycles. The van der Waals surface area contributed by atoms with Crippen LogP contribution in [0.5, 0.6) is 0 Å². The lowest BCUT2D eigenvalue weighted by Gasteiger charge is -2.23. The molecule has 25 heavy (non-hydrogen) atoms. The van der Waals surface area contributed by atoms with E-state index in [1.54, 1.807) is 12.1 Å². The summed E-state index contributed by atoms with van der Waals surface area (Å²) in [5, 5.41) is 2.89. The van der Waals surface area contributed by atoms with E-state index in [0.717, 1.165) is 12.8 Å². The lowest BCUT2D eigenvalue weighted by molar-refractivity contribution is 0.143. The molecule has 2 saturated heterocycles. The number of hydrogen-bond acceptors (Lipinski definition) is 4. The molecule has 3 N–H and O–H groups in total. The summed E-state index contributed by atoms with van der Waals surface area (Å²) in [6.07, 6.45) is 0.531. The van der Waals surface area contributed by atoms with Crippen LogP contribution >= 0.6 is 12.2 Å². The molecule has 1 atom stereocenters. The third-order valence-corrected chi connectivity index (χ3v) is 6.03. The molecular formula is C16H20FN3O3S2. The summed E-state index contributed by atoms with van der Waals surface area (Å²) < 4.78 is 31.2. The average Bonchev–Trinajstić information content (AvgIpc) is 2.95. The second-order valence-corrected chi connectivity index (χ2v) is 8.33. The fourth-order valence-electron chi connectivity index (χ4n) is 3.17. The van der Waals surface area contributed by atoms with Gasteiger partial charge in [0.1, 0.15) is 11.9 Å². The minimum absolute atomic E-state index is 0.0831. The van der Waals surface area contributed by atoms with Crippen LogP contribution in [0.25, 0.3) is 0 Å². The number of nitrogens with two attached hydrogens (primary N) is 1. The second-order valence-electron chi connectivity index (χ2n) is 6.19. The smallest absolute Gasteiger partial charge is 0.414 e. The van der Waals surface area contributed by atoms with E-state index in [4.69, 9.17) is 22.7 Å². The molecule has 2 heterocycles. The van der Waals surface area contributed by atoms with Crippen molar-refractivity contribution in [2.75, 3.05) is 29.5 Å². The Balaban J connectivity index is 1.69. The fraction of sp³-hybridized carbons (Fsp3) is 0.500. The Labute approximate surface area is 153 Å². The molecule has 2 aliphatic heterocycles. The van der Waals surface area contributed by atoms with Gasteiger partial charge in [-0.15, -0.1) is 0 Å². The van der Waals surface area contributed by atoms with Gasteiger partial charge in [0.05, 0.1) is 18.8 Å². The summed E-state index contributed by atoms with van der Waals surface area (Å²) in [6.45, 7) is 0.618. The molecule has 0 aromatic heterocycles. The molecular weight excluding hydrogens is 365 g/mol. The Kier molecular flexibility index (Phi) is 5.53. The molecule has 1 amide bonds. The van der Waals surface area contributed by atoms with Crippen LogP contribution in [0.2, 0.25) is 0 Å². The van der Waals surface area contributed by atoms with E-state index in [1.165, 1.54) is 11.0 Å². The topological polar surface area (TPSA) is 84.7 Å².